The van der Waals surface area contributed by atoms with E-state index >= 15 is 0 Å². The molecule has 0 aliphatic carbocycles. The maximum Gasteiger partial charge on any atom is 0.303 e. The molecule has 1 aliphatic heterocycles. The van der Waals surface area contributed by atoms with Gasteiger partial charge in [-0.2, -0.15) is 0 Å². The zero-order valence-corrected chi connectivity index (χ0v) is 31.5. The number of benzene rings is 2. The SMILES string of the molecule is CC(C)CC(NC(=O)CNC(=O)C(Cc1ccccc1)NC(=O)C(CCC(=O)O)NC(=O)C(Cc1ccc(O)cc1)NC(=O)C1CCCN1C(=O)CN)C(N)=O. The molecule has 2 aromatic carbocycles. The van der Waals surface area contributed by atoms with Crippen molar-refractivity contribution in [1.29, 1.82) is 0 Å². The van der Waals surface area contributed by atoms with Gasteiger partial charge >= 0.3 is 5.97 Å². The predicted octanol–water partition coefficient (Wildman–Crippen LogP) is -1.42. The number of carbonyl (C=O) groups is 8. The van der Waals surface area contributed by atoms with Gasteiger partial charge in [0.2, 0.25) is 41.4 Å². The smallest absolute Gasteiger partial charge is 0.303 e. The zero-order valence-electron chi connectivity index (χ0n) is 31.5. The van der Waals surface area contributed by atoms with Crippen molar-refractivity contribution in [2.24, 2.45) is 17.4 Å². The number of hydrogen-bond donors (Lipinski definition) is 9. The first-order chi connectivity index (χ1) is 26.6. The second-order valence-corrected chi connectivity index (χ2v) is 14.0. The molecular formula is C38H52N8O10. The summed E-state index contributed by atoms with van der Waals surface area (Å²) in [5, 5.41) is 31.9. The third-order valence-electron chi connectivity index (χ3n) is 9.06. The van der Waals surface area contributed by atoms with Gasteiger partial charge in [0.15, 0.2) is 0 Å². The molecule has 304 valence electrons. The van der Waals surface area contributed by atoms with Crippen LogP contribution in [-0.4, -0.2) is 112 Å². The van der Waals surface area contributed by atoms with Gasteiger partial charge in [0.25, 0.3) is 0 Å². The van der Waals surface area contributed by atoms with Crippen molar-refractivity contribution in [2.75, 3.05) is 19.6 Å². The number of aliphatic carboxylic acids is 1. The molecule has 1 fully saturated rings. The fraction of sp³-hybridized carbons (Fsp3) is 0.474. The van der Waals surface area contributed by atoms with E-state index < -0.39 is 96.9 Å². The minimum atomic E-state index is -1.51. The average Bonchev–Trinajstić information content (AvgIpc) is 3.65. The van der Waals surface area contributed by atoms with Gasteiger partial charge in [-0.05, 0) is 54.9 Å². The molecule has 5 unspecified atom stereocenters. The molecule has 2 aromatic rings. The van der Waals surface area contributed by atoms with Gasteiger partial charge in [-0.25, -0.2) is 0 Å². The van der Waals surface area contributed by atoms with E-state index in [4.69, 9.17) is 11.5 Å². The number of nitrogens with two attached hydrogens (primary N) is 2. The second-order valence-electron chi connectivity index (χ2n) is 14.0. The first kappa shape index (κ1) is 44.4. The van der Waals surface area contributed by atoms with Gasteiger partial charge in [0.1, 0.15) is 36.0 Å². The van der Waals surface area contributed by atoms with E-state index in [1.165, 1.54) is 29.2 Å². The zero-order chi connectivity index (χ0) is 41.4. The van der Waals surface area contributed by atoms with Crippen molar-refractivity contribution in [3.63, 3.8) is 0 Å². The number of nitrogens with zero attached hydrogens (tertiary/aromatic N) is 1. The number of rotatable bonds is 21. The number of amides is 7. The average molecular weight is 781 g/mol. The van der Waals surface area contributed by atoms with Crippen LogP contribution in [0.25, 0.3) is 0 Å². The second kappa shape index (κ2) is 21.7. The van der Waals surface area contributed by atoms with Crippen LogP contribution in [0.2, 0.25) is 0 Å². The van der Waals surface area contributed by atoms with Crippen molar-refractivity contribution in [1.82, 2.24) is 31.5 Å². The number of aromatic hydroxyl groups is 1. The number of carboxylic acid groups (broad SMARTS) is 1. The Balaban J connectivity index is 1.84. The number of carbonyl (C=O) groups excluding carboxylic acids is 7. The van der Waals surface area contributed by atoms with E-state index in [1.54, 1.807) is 30.3 Å². The standard InChI is InChI=1S/C38H52N8O10/c1-22(2)17-27(34(40)52)42-31(48)21-41-35(53)28(18-23-7-4-3-5-8-23)44-36(54)26(14-15-33(50)51)43-37(55)29(19-24-10-12-25(47)13-11-24)45-38(56)30-9-6-16-46(30)32(49)20-39/h3-5,7-8,10-13,22,26-30,47H,6,9,14-21,39H2,1-2H3,(H2,40,52)(H,41,53)(H,42,48)(H,43,55)(H,44,54)(H,45,56)(H,50,51). The summed E-state index contributed by atoms with van der Waals surface area (Å²) in [7, 11) is 0. The molecule has 1 heterocycles. The van der Waals surface area contributed by atoms with Crippen LogP contribution in [0, 0.1) is 5.92 Å². The van der Waals surface area contributed by atoms with Crippen LogP contribution in [0.1, 0.15) is 57.1 Å². The largest absolute Gasteiger partial charge is 0.508 e. The van der Waals surface area contributed by atoms with Crippen LogP contribution >= 0.6 is 0 Å². The number of phenolic OH excluding ortho intramolecular Hbond substituents is 1. The lowest BCUT2D eigenvalue weighted by molar-refractivity contribution is -0.139. The van der Waals surface area contributed by atoms with Crippen LogP contribution < -0.4 is 38.1 Å². The number of carboxylic acids is 1. The molecule has 1 aliphatic rings. The van der Waals surface area contributed by atoms with E-state index in [0.717, 1.165) is 0 Å². The lowest BCUT2D eigenvalue weighted by Gasteiger charge is -2.28. The Hall–Kier alpha value is -6.04. The topological polar surface area (TPSA) is 292 Å². The summed E-state index contributed by atoms with van der Waals surface area (Å²) >= 11 is 0. The predicted molar refractivity (Wildman–Crippen MR) is 202 cm³/mol. The van der Waals surface area contributed by atoms with Crippen LogP contribution in [0.3, 0.4) is 0 Å². The minimum absolute atomic E-state index is 0.0337. The number of phenols is 1. The van der Waals surface area contributed by atoms with E-state index in [9.17, 15) is 48.6 Å². The summed E-state index contributed by atoms with van der Waals surface area (Å²) < 4.78 is 0. The Morgan fingerprint density at radius 2 is 1.38 bits per heavy atom. The summed E-state index contributed by atoms with van der Waals surface area (Å²) in [5.74, 6) is -6.36. The number of likely N-dealkylation sites (tertiary alicyclic amines) is 1. The summed E-state index contributed by atoms with van der Waals surface area (Å²) in [6.45, 7) is 3.11. The fourth-order valence-corrected chi connectivity index (χ4v) is 6.19. The Morgan fingerprint density at radius 3 is 1.96 bits per heavy atom. The van der Waals surface area contributed by atoms with Crippen LogP contribution in [0.4, 0.5) is 0 Å². The highest BCUT2D eigenvalue weighted by Gasteiger charge is 2.36. The highest BCUT2D eigenvalue weighted by molar-refractivity contribution is 5.97. The Bertz CT molecular complexity index is 1710. The Labute approximate surface area is 324 Å². The van der Waals surface area contributed by atoms with Crippen LogP contribution in [0.15, 0.2) is 54.6 Å². The third kappa shape index (κ3) is 14.3. The molecule has 18 heteroatoms. The van der Waals surface area contributed by atoms with Crippen molar-refractivity contribution in [3.8, 4) is 5.75 Å². The highest BCUT2D eigenvalue weighted by atomic mass is 16.4. The quantitative estimate of drug-likeness (QED) is 0.0709. The Morgan fingerprint density at radius 1 is 0.786 bits per heavy atom. The molecule has 18 nitrogen and oxygen atoms in total. The molecule has 56 heavy (non-hydrogen) atoms. The van der Waals surface area contributed by atoms with Gasteiger partial charge in [-0.15, -0.1) is 0 Å². The van der Waals surface area contributed by atoms with Crippen molar-refractivity contribution < 1.29 is 48.6 Å². The minimum Gasteiger partial charge on any atom is -0.508 e. The van der Waals surface area contributed by atoms with Crippen LogP contribution in [-0.2, 0) is 51.2 Å². The molecular weight excluding hydrogens is 728 g/mol. The van der Waals surface area contributed by atoms with E-state index in [2.05, 4.69) is 26.6 Å². The van der Waals surface area contributed by atoms with E-state index in [-0.39, 0.29) is 37.5 Å². The first-order valence-corrected chi connectivity index (χ1v) is 18.4. The normalized spacial score (nSPS) is 15.8. The molecule has 0 saturated carbocycles. The summed E-state index contributed by atoms with van der Waals surface area (Å²) in [6, 6.07) is 8.40. The first-order valence-electron chi connectivity index (χ1n) is 18.4. The van der Waals surface area contributed by atoms with Crippen molar-refractivity contribution in [3.05, 3.63) is 65.7 Å². The fourth-order valence-electron chi connectivity index (χ4n) is 6.19. The molecule has 7 amide bonds. The lowest BCUT2D eigenvalue weighted by atomic mass is 10.0. The van der Waals surface area contributed by atoms with E-state index in [0.29, 0.717) is 30.5 Å². The summed E-state index contributed by atoms with van der Waals surface area (Å²) in [6.07, 6.45) is -0.000169. The summed E-state index contributed by atoms with van der Waals surface area (Å²) in [5.41, 5.74) is 12.1. The monoisotopic (exact) mass is 780 g/mol. The van der Waals surface area contributed by atoms with Crippen molar-refractivity contribution >= 4 is 47.3 Å². The maximum atomic E-state index is 13.9. The third-order valence-corrected chi connectivity index (χ3v) is 9.06. The van der Waals surface area contributed by atoms with Gasteiger partial charge in [0.05, 0.1) is 13.1 Å². The van der Waals surface area contributed by atoms with Gasteiger partial charge < -0.3 is 53.2 Å². The van der Waals surface area contributed by atoms with Gasteiger partial charge in [-0.3, -0.25) is 38.4 Å². The number of primary amides is 1. The molecule has 11 N–H and O–H groups in total. The molecule has 0 radical (unpaired) electrons. The molecule has 0 bridgehead atoms. The molecule has 5 atom stereocenters. The van der Waals surface area contributed by atoms with Gasteiger partial charge in [-0.1, -0.05) is 56.3 Å². The lowest BCUT2D eigenvalue weighted by Crippen LogP contribution is -2.59. The Kier molecular flexibility index (Phi) is 17.2. The molecule has 1 saturated heterocycles. The van der Waals surface area contributed by atoms with Crippen LogP contribution in [0.5, 0.6) is 5.75 Å². The molecule has 3 rings (SSSR count). The van der Waals surface area contributed by atoms with Crippen molar-refractivity contribution in [2.45, 2.75) is 89.0 Å². The molecule has 0 spiro atoms. The number of hydrogen-bond acceptors (Lipinski definition) is 10. The maximum absolute atomic E-state index is 13.9. The highest BCUT2D eigenvalue weighted by Crippen LogP contribution is 2.18. The van der Waals surface area contributed by atoms with E-state index in [1.807, 2.05) is 13.8 Å². The van der Waals surface area contributed by atoms with Gasteiger partial charge in [0, 0.05) is 25.8 Å². The summed E-state index contributed by atoms with van der Waals surface area (Å²) in [4.78, 5) is 105. The number of nitrogens with one attached hydrogen (secondary N) is 5. The molecule has 0 aromatic heterocycles.